The number of nitrogens with one attached hydrogen (secondary N) is 1. The molecule has 1 atom stereocenters. The predicted octanol–water partition coefficient (Wildman–Crippen LogP) is 4.58. The molecule has 7 nitrogen and oxygen atoms in total. The molecule has 0 spiro atoms. The van der Waals surface area contributed by atoms with Crippen molar-refractivity contribution in [3.63, 3.8) is 0 Å². The summed E-state index contributed by atoms with van der Waals surface area (Å²) in [6.45, 7) is 10.2. The summed E-state index contributed by atoms with van der Waals surface area (Å²) in [5.41, 5.74) is 7.31. The van der Waals surface area contributed by atoms with Crippen molar-refractivity contribution in [3.05, 3.63) is 76.6 Å². The molecule has 4 aromatic rings. The number of nitrogens with zero attached hydrogens (tertiary/aromatic N) is 5. The number of benzene rings is 2. The van der Waals surface area contributed by atoms with Gasteiger partial charge in [-0.3, -0.25) is 4.79 Å². The summed E-state index contributed by atoms with van der Waals surface area (Å²) >= 11 is 0. The molecule has 1 saturated heterocycles. The van der Waals surface area contributed by atoms with E-state index >= 15 is 0 Å². The number of anilines is 1. The molecule has 1 fully saturated rings. The van der Waals surface area contributed by atoms with Gasteiger partial charge >= 0.3 is 0 Å². The molecule has 1 aliphatic rings. The van der Waals surface area contributed by atoms with Crippen LogP contribution in [0.2, 0.25) is 0 Å². The molecule has 0 saturated carbocycles. The Bertz CT molecular complexity index is 1360. The second-order valence-corrected chi connectivity index (χ2v) is 9.65. The monoisotopic (exact) mass is 468 g/mol. The molecule has 0 aliphatic carbocycles. The zero-order chi connectivity index (χ0) is 24.5. The van der Waals surface area contributed by atoms with E-state index in [1.807, 2.05) is 11.6 Å². The third-order valence-corrected chi connectivity index (χ3v) is 6.94. The average molecular weight is 469 g/mol. The molecule has 7 heteroatoms. The number of rotatable bonds is 5. The van der Waals surface area contributed by atoms with Crippen LogP contribution >= 0.6 is 0 Å². The van der Waals surface area contributed by atoms with Gasteiger partial charge < -0.3 is 10.2 Å². The molecule has 2 aromatic carbocycles. The van der Waals surface area contributed by atoms with E-state index in [0.29, 0.717) is 13.1 Å². The van der Waals surface area contributed by atoms with Crippen LogP contribution in [-0.2, 0) is 11.3 Å². The first-order valence-electron chi connectivity index (χ1n) is 12.3. The van der Waals surface area contributed by atoms with Crippen LogP contribution in [0.3, 0.4) is 0 Å². The number of carbonyl (C=O) groups excluding carboxylic acids is 1. The number of aromatic nitrogens is 4. The lowest BCUT2D eigenvalue weighted by atomic mass is 9.97. The summed E-state index contributed by atoms with van der Waals surface area (Å²) in [5, 5.41) is 18.2. The average Bonchev–Trinajstić information content (AvgIpc) is 3.22. The number of amides is 1. The van der Waals surface area contributed by atoms with Gasteiger partial charge in [0, 0.05) is 19.6 Å². The van der Waals surface area contributed by atoms with Gasteiger partial charge in [-0.1, -0.05) is 47.5 Å². The summed E-state index contributed by atoms with van der Waals surface area (Å²) in [7, 11) is 0. The second-order valence-electron chi connectivity index (χ2n) is 9.65. The van der Waals surface area contributed by atoms with E-state index in [1.165, 1.54) is 11.1 Å². The molecule has 1 amide bonds. The zero-order valence-corrected chi connectivity index (χ0v) is 20.9. The lowest BCUT2D eigenvalue weighted by molar-refractivity contribution is -0.125. The Morgan fingerprint density at radius 3 is 2.37 bits per heavy atom. The van der Waals surface area contributed by atoms with Gasteiger partial charge in [-0.2, -0.15) is 10.2 Å². The topological polar surface area (TPSA) is 75.9 Å². The normalized spacial score (nSPS) is 16.0. The van der Waals surface area contributed by atoms with Gasteiger partial charge in [0.25, 0.3) is 0 Å². The Hall–Kier alpha value is -3.74. The predicted molar refractivity (Wildman–Crippen MR) is 139 cm³/mol. The maximum Gasteiger partial charge on any atom is 0.225 e. The highest BCUT2D eigenvalue weighted by molar-refractivity contribution is 5.92. The van der Waals surface area contributed by atoms with Crippen LogP contribution in [0.15, 0.2) is 48.5 Å². The molecule has 3 heterocycles. The fourth-order valence-electron chi connectivity index (χ4n) is 4.88. The minimum Gasteiger partial charge on any atom is -0.352 e. The molecular weight excluding hydrogens is 436 g/mol. The van der Waals surface area contributed by atoms with E-state index in [1.54, 1.807) is 0 Å². The smallest absolute Gasteiger partial charge is 0.225 e. The van der Waals surface area contributed by atoms with Crippen molar-refractivity contribution >= 4 is 22.6 Å². The molecule has 180 valence electrons. The van der Waals surface area contributed by atoms with Gasteiger partial charge in [0.1, 0.15) is 5.52 Å². The molecule has 1 aliphatic heterocycles. The first kappa shape index (κ1) is 23.0. The highest BCUT2D eigenvalue weighted by Gasteiger charge is 2.29. The van der Waals surface area contributed by atoms with Gasteiger partial charge in [-0.15, -0.1) is 5.10 Å². The summed E-state index contributed by atoms with van der Waals surface area (Å²) in [5.74, 6) is 0.760. The van der Waals surface area contributed by atoms with Crippen molar-refractivity contribution in [2.45, 2.75) is 47.1 Å². The van der Waals surface area contributed by atoms with Gasteiger partial charge in [0.15, 0.2) is 5.82 Å². The highest BCUT2D eigenvalue weighted by Crippen LogP contribution is 2.31. The van der Waals surface area contributed by atoms with Crippen LogP contribution in [0.1, 0.15) is 40.9 Å². The lowest BCUT2D eigenvalue weighted by Gasteiger charge is -2.32. The molecule has 0 radical (unpaired) electrons. The van der Waals surface area contributed by atoms with Crippen molar-refractivity contribution in [1.82, 2.24) is 25.3 Å². The van der Waals surface area contributed by atoms with Crippen LogP contribution < -0.4 is 10.2 Å². The maximum atomic E-state index is 13.0. The summed E-state index contributed by atoms with van der Waals surface area (Å²) in [6.07, 6.45) is 1.80. The third-order valence-electron chi connectivity index (χ3n) is 6.94. The van der Waals surface area contributed by atoms with E-state index in [0.717, 1.165) is 58.7 Å². The van der Waals surface area contributed by atoms with Crippen molar-refractivity contribution in [1.29, 1.82) is 0 Å². The van der Waals surface area contributed by atoms with E-state index < -0.39 is 0 Å². The molecule has 0 bridgehead atoms. The van der Waals surface area contributed by atoms with E-state index in [-0.39, 0.29) is 11.8 Å². The van der Waals surface area contributed by atoms with Crippen LogP contribution in [0.25, 0.3) is 16.6 Å². The molecule has 0 unspecified atom stereocenters. The Balaban J connectivity index is 1.39. The number of fused-ring (bicyclic) bond motifs is 1. The number of aryl methyl sites for hydroxylation is 4. The number of hydrogen-bond donors (Lipinski definition) is 1. The van der Waals surface area contributed by atoms with Gasteiger partial charge in [-0.25, -0.2) is 4.68 Å². The molecule has 5 rings (SSSR count). The number of piperidine rings is 1. The fourth-order valence-corrected chi connectivity index (χ4v) is 4.88. The molecular formula is C28H32N6O. The van der Waals surface area contributed by atoms with Crippen molar-refractivity contribution in [3.8, 4) is 5.69 Å². The Kier molecular flexibility index (Phi) is 6.24. The zero-order valence-electron chi connectivity index (χ0n) is 20.9. The highest BCUT2D eigenvalue weighted by atomic mass is 16.1. The largest absolute Gasteiger partial charge is 0.352 e. The number of carbonyl (C=O) groups is 1. The van der Waals surface area contributed by atoms with Crippen molar-refractivity contribution in [2.24, 2.45) is 5.92 Å². The third kappa shape index (κ3) is 4.63. The first-order valence-corrected chi connectivity index (χ1v) is 12.3. The van der Waals surface area contributed by atoms with E-state index in [4.69, 9.17) is 5.10 Å². The molecule has 2 aromatic heterocycles. The molecule has 1 N–H and O–H groups in total. The maximum absolute atomic E-state index is 13.0. The summed E-state index contributed by atoms with van der Waals surface area (Å²) in [6, 6.07) is 16.6. The SMILES string of the molecule is Cc1ccc(CNC(=O)[C@H]2CCCN(c3nnc(C)c4c(C)n(-c5ccc(C)cc5)nc34)C2)cc1. The Morgan fingerprint density at radius 2 is 1.66 bits per heavy atom. The van der Waals surface area contributed by atoms with Crippen molar-refractivity contribution in [2.75, 3.05) is 18.0 Å². The second kappa shape index (κ2) is 9.49. The molecule has 35 heavy (non-hydrogen) atoms. The summed E-state index contributed by atoms with van der Waals surface area (Å²) < 4.78 is 1.97. The van der Waals surface area contributed by atoms with Gasteiger partial charge in [0.05, 0.1) is 28.4 Å². The van der Waals surface area contributed by atoms with E-state index in [9.17, 15) is 4.79 Å². The Labute approximate surface area is 206 Å². The standard InChI is InChI=1S/C28H32N6O/c1-18-7-11-22(12-8-18)16-29-28(35)23-6-5-15-33(17-23)27-26-25(20(3)30-31-27)21(4)34(32-26)24-13-9-19(2)10-14-24/h7-14,23H,5-6,15-17H2,1-4H3,(H,29,35)/t23-/m0/s1. The fraction of sp³-hybridized carbons (Fsp3) is 0.357. The van der Waals surface area contributed by atoms with Gasteiger partial charge in [0.2, 0.25) is 5.91 Å². The van der Waals surface area contributed by atoms with Crippen LogP contribution in [-0.4, -0.2) is 39.0 Å². The lowest BCUT2D eigenvalue weighted by Crippen LogP contribution is -2.43. The minimum absolute atomic E-state index is 0.0902. The quantitative estimate of drug-likeness (QED) is 0.464. The van der Waals surface area contributed by atoms with Crippen LogP contribution in [0.4, 0.5) is 5.82 Å². The first-order chi connectivity index (χ1) is 16.9. The number of hydrogen-bond acceptors (Lipinski definition) is 5. The summed E-state index contributed by atoms with van der Waals surface area (Å²) in [4.78, 5) is 15.2. The minimum atomic E-state index is -0.0902. The van der Waals surface area contributed by atoms with Crippen LogP contribution in [0.5, 0.6) is 0 Å². The Morgan fingerprint density at radius 1 is 0.971 bits per heavy atom. The van der Waals surface area contributed by atoms with E-state index in [2.05, 4.69) is 89.7 Å². The van der Waals surface area contributed by atoms with Crippen LogP contribution in [0, 0.1) is 33.6 Å². The van der Waals surface area contributed by atoms with Gasteiger partial charge in [-0.05, 0) is 58.2 Å². The van der Waals surface area contributed by atoms with Crippen molar-refractivity contribution < 1.29 is 4.79 Å².